The molecule has 1 aliphatic heterocycles. The molecule has 4 heteroatoms. The van der Waals surface area contributed by atoms with Crippen molar-refractivity contribution in [2.45, 2.75) is 40.2 Å². The Kier molecular flexibility index (Phi) is 4.14. The van der Waals surface area contributed by atoms with Gasteiger partial charge in [-0.15, -0.1) is 0 Å². The van der Waals surface area contributed by atoms with Gasteiger partial charge in [-0.1, -0.05) is 35.9 Å². The first-order valence-electron chi connectivity index (χ1n) is 8.15. The summed E-state index contributed by atoms with van der Waals surface area (Å²) in [5.74, 6) is -0.334. The highest BCUT2D eigenvalue weighted by molar-refractivity contribution is 6.23. The summed E-state index contributed by atoms with van der Waals surface area (Å²) in [6, 6.07) is 11.3. The summed E-state index contributed by atoms with van der Waals surface area (Å²) in [5, 5.41) is 3.23. The van der Waals surface area contributed by atoms with Gasteiger partial charge in [-0.3, -0.25) is 9.59 Å². The molecule has 4 nitrogen and oxygen atoms in total. The van der Waals surface area contributed by atoms with E-state index in [1.54, 1.807) is 0 Å². The van der Waals surface area contributed by atoms with Crippen LogP contribution >= 0.6 is 0 Å². The fourth-order valence-corrected chi connectivity index (χ4v) is 3.43. The molecule has 0 saturated carbocycles. The van der Waals surface area contributed by atoms with Gasteiger partial charge in [0, 0.05) is 5.69 Å². The third-order valence-corrected chi connectivity index (χ3v) is 4.48. The summed E-state index contributed by atoms with van der Waals surface area (Å²) in [6.45, 7) is 7.88. The number of anilines is 2. The number of rotatable bonds is 3. The number of hydrogen-bond acceptors (Lipinski definition) is 3. The van der Waals surface area contributed by atoms with E-state index < -0.39 is 6.04 Å². The summed E-state index contributed by atoms with van der Waals surface area (Å²) < 4.78 is 0. The molecule has 1 fully saturated rings. The van der Waals surface area contributed by atoms with E-state index in [4.69, 9.17) is 0 Å². The lowest BCUT2D eigenvalue weighted by molar-refractivity contribution is -0.121. The monoisotopic (exact) mass is 322 g/mol. The third kappa shape index (κ3) is 2.80. The second-order valence-corrected chi connectivity index (χ2v) is 6.53. The van der Waals surface area contributed by atoms with Crippen LogP contribution in [0.3, 0.4) is 0 Å². The molecule has 124 valence electrons. The highest BCUT2D eigenvalue weighted by atomic mass is 16.2. The Hall–Kier alpha value is -2.62. The zero-order chi connectivity index (χ0) is 17.4. The van der Waals surface area contributed by atoms with E-state index in [1.165, 1.54) is 4.90 Å². The summed E-state index contributed by atoms with van der Waals surface area (Å²) >= 11 is 0. The Labute approximate surface area is 142 Å². The van der Waals surface area contributed by atoms with E-state index in [0.717, 1.165) is 33.6 Å². The third-order valence-electron chi connectivity index (χ3n) is 4.48. The predicted molar refractivity (Wildman–Crippen MR) is 96.4 cm³/mol. The maximum atomic E-state index is 12.9. The van der Waals surface area contributed by atoms with Crippen LogP contribution in [0.2, 0.25) is 0 Å². The molecule has 2 aromatic rings. The molecule has 1 unspecified atom stereocenters. The van der Waals surface area contributed by atoms with Crippen molar-refractivity contribution in [3.05, 3.63) is 58.7 Å². The quantitative estimate of drug-likeness (QED) is 0.877. The Morgan fingerprint density at radius 3 is 2.21 bits per heavy atom. The molecule has 1 saturated heterocycles. The highest BCUT2D eigenvalue weighted by Gasteiger charge is 2.40. The summed E-state index contributed by atoms with van der Waals surface area (Å²) in [5.41, 5.74) is 5.70. The first-order valence-corrected chi connectivity index (χ1v) is 8.15. The topological polar surface area (TPSA) is 49.4 Å². The second kappa shape index (κ2) is 6.11. The van der Waals surface area contributed by atoms with Gasteiger partial charge in [0.25, 0.3) is 5.91 Å². The average molecular weight is 322 g/mol. The molecule has 24 heavy (non-hydrogen) atoms. The number of nitrogens with one attached hydrogen (secondary N) is 1. The second-order valence-electron chi connectivity index (χ2n) is 6.53. The number of benzene rings is 2. The van der Waals surface area contributed by atoms with Gasteiger partial charge in [-0.2, -0.15) is 0 Å². The molecule has 0 aromatic heterocycles. The standard InChI is InChI=1S/C20H22N2O2/c1-12-9-14(3)19(15(4)10-12)22-18(23)11-17(20(22)24)21-16-8-6-5-7-13(16)2/h5-10,17,21H,11H2,1-4H3. The fourth-order valence-electron chi connectivity index (χ4n) is 3.43. The van der Waals surface area contributed by atoms with Crippen LogP contribution in [0, 0.1) is 27.7 Å². The lowest BCUT2D eigenvalue weighted by Crippen LogP contribution is -2.35. The summed E-state index contributed by atoms with van der Waals surface area (Å²) in [4.78, 5) is 26.7. The van der Waals surface area contributed by atoms with Crippen LogP contribution in [-0.2, 0) is 9.59 Å². The van der Waals surface area contributed by atoms with E-state index >= 15 is 0 Å². The SMILES string of the molecule is Cc1cc(C)c(N2C(=O)CC(Nc3ccccc3C)C2=O)c(C)c1. The average Bonchev–Trinajstić information content (AvgIpc) is 2.76. The molecule has 1 heterocycles. The Bertz CT molecular complexity index is 803. The van der Waals surface area contributed by atoms with Crippen LogP contribution in [0.5, 0.6) is 0 Å². The summed E-state index contributed by atoms with van der Waals surface area (Å²) in [7, 11) is 0. The number of nitrogens with zero attached hydrogens (tertiary/aromatic N) is 1. The molecule has 1 atom stereocenters. The van der Waals surface area contributed by atoms with Gasteiger partial charge >= 0.3 is 0 Å². The zero-order valence-corrected chi connectivity index (χ0v) is 14.5. The lowest BCUT2D eigenvalue weighted by Gasteiger charge is -2.21. The first kappa shape index (κ1) is 16.2. The van der Waals surface area contributed by atoms with Crippen LogP contribution < -0.4 is 10.2 Å². The number of imide groups is 1. The number of hydrogen-bond donors (Lipinski definition) is 1. The normalized spacial score (nSPS) is 17.5. The number of aryl methyl sites for hydroxylation is 4. The fraction of sp³-hybridized carbons (Fsp3) is 0.300. The summed E-state index contributed by atoms with van der Waals surface area (Å²) in [6.07, 6.45) is 0.180. The highest BCUT2D eigenvalue weighted by Crippen LogP contribution is 2.31. The van der Waals surface area contributed by atoms with E-state index in [-0.39, 0.29) is 18.2 Å². The van der Waals surface area contributed by atoms with Crippen molar-refractivity contribution in [3.63, 3.8) is 0 Å². The largest absolute Gasteiger partial charge is 0.373 e. The molecular weight excluding hydrogens is 300 g/mol. The van der Waals surface area contributed by atoms with Crippen molar-refractivity contribution in [2.75, 3.05) is 10.2 Å². The minimum absolute atomic E-state index is 0.152. The van der Waals surface area contributed by atoms with Gasteiger partial charge in [0.2, 0.25) is 5.91 Å². The number of para-hydroxylation sites is 1. The predicted octanol–water partition coefficient (Wildman–Crippen LogP) is 3.66. The Morgan fingerprint density at radius 1 is 0.958 bits per heavy atom. The van der Waals surface area contributed by atoms with Gasteiger partial charge in [0.15, 0.2) is 0 Å². The number of carbonyl (C=O) groups excluding carboxylic acids is 2. The molecule has 0 aliphatic carbocycles. The lowest BCUT2D eigenvalue weighted by atomic mass is 10.0. The maximum Gasteiger partial charge on any atom is 0.256 e. The zero-order valence-electron chi connectivity index (χ0n) is 14.5. The molecule has 0 spiro atoms. The van der Waals surface area contributed by atoms with Crippen molar-refractivity contribution in [1.82, 2.24) is 0 Å². The van der Waals surface area contributed by atoms with Crippen molar-refractivity contribution < 1.29 is 9.59 Å². The molecule has 2 aromatic carbocycles. The van der Waals surface area contributed by atoms with Gasteiger partial charge in [0.05, 0.1) is 12.1 Å². The van der Waals surface area contributed by atoms with Crippen LogP contribution in [0.4, 0.5) is 11.4 Å². The number of amides is 2. The molecule has 0 radical (unpaired) electrons. The van der Waals surface area contributed by atoms with Gasteiger partial charge in [0.1, 0.15) is 6.04 Å². The van der Waals surface area contributed by atoms with E-state index in [9.17, 15) is 9.59 Å². The molecular formula is C20H22N2O2. The van der Waals surface area contributed by atoms with Crippen molar-refractivity contribution >= 4 is 23.2 Å². The van der Waals surface area contributed by atoms with Crippen molar-refractivity contribution in [2.24, 2.45) is 0 Å². The molecule has 3 rings (SSSR count). The van der Waals surface area contributed by atoms with Crippen LogP contribution in [-0.4, -0.2) is 17.9 Å². The number of carbonyl (C=O) groups is 2. The first-order chi connectivity index (χ1) is 11.4. The smallest absolute Gasteiger partial charge is 0.256 e. The van der Waals surface area contributed by atoms with Gasteiger partial charge < -0.3 is 5.32 Å². The molecule has 2 amide bonds. The van der Waals surface area contributed by atoms with Gasteiger partial charge in [-0.05, 0) is 50.5 Å². The van der Waals surface area contributed by atoms with E-state index in [0.29, 0.717) is 0 Å². The van der Waals surface area contributed by atoms with Gasteiger partial charge in [-0.25, -0.2) is 4.90 Å². The van der Waals surface area contributed by atoms with Crippen molar-refractivity contribution in [3.8, 4) is 0 Å². The van der Waals surface area contributed by atoms with Crippen LogP contribution in [0.25, 0.3) is 0 Å². The maximum absolute atomic E-state index is 12.9. The molecule has 1 N–H and O–H groups in total. The van der Waals surface area contributed by atoms with Crippen LogP contribution in [0.1, 0.15) is 28.7 Å². The van der Waals surface area contributed by atoms with E-state index in [2.05, 4.69) is 5.32 Å². The molecule has 0 bridgehead atoms. The Balaban J connectivity index is 1.92. The van der Waals surface area contributed by atoms with Crippen molar-refractivity contribution in [1.29, 1.82) is 0 Å². The Morgan fingerprint density at radius 2 is 1.58 bits per heavy atom. The minimum Gasteiger partial charge on any atom is -0.373 e. The molecule has 1 aliphatic rings. The van der Waals surface area contributed by atoms with Crippen LogP contribution in [0.15, 0.2) is 36.4 Å². The van der Waals surface area contributed by atoms with E-state index in [1.807, 2.05) is 64.1 Å². The minimum atomic E-state index is -0.515.